The first-order chi connectivity index (χ1) is 16.3. The van der Waals surface area contributed by atoms with Gasteiger partial charge in [0.2, 0.25) is 17.5 Å². The van der Waals surface area contributed by atoms with Gasteiger partial charge in [-0.15, -0.1) is 0 Å². The number of benzene rings is 2. The molecule has 1 aliphatic heterocycles. The third-order valence-electron chi connectivity index (χ3n) is 5.41. The monoisotopic (exact) mass is 500 g/mol. The summed E-state index contributed by atoms with van der Waals surface area (Å²) in [4.78, 5) is 24.8. The molecule has 2 atom stereocenters. The Labute approximate surface area is 198 Å². The van der Waals surface area contributed by atoms with Crippen molar-refractivity contribution in [1.29, 1.82) is 0 Å². The number of nitrogens with one attached hydrogen (secondary N) is 1. The summed E-state index contributed by atoms with van der Waals surface area (Å²) in [6.45, 7) is 0.512. The van der Waals surface area contributed by atoms with Gasteiger partial charge in [0.25, 0.3) is 0 Å². The van der Waals surface area contributed by atoms with E-state index in [-0.39, 0.29) is 24.3 Å². The summed E-state index contributed by atoms with van der Waals surface area (Å²) in [5.74, 6) is -8.84. The highest BCUT2D eigenvalue weighted by Gasteiger charge is 2.30. The van der Waals surface area contributed by atoms with Crippen molar-refractivity contribution in [3.8, 4) is 5.75 Å². The Morgan fingerprint density at radius 1 is 1.15 bits per heavy atom. The average Bonchev–Trinajstić information content (AvgIpc) is 2.83. The van der Waals surface area contributed by atoms with E-state index < -0.39 is 47.8 Å². The minimum absolute atomic E-state index is 0.0348. The first kappa shape index (κ1) is 26.0. The number of aldehydes is 1. The van der Waals surface area contributed by atoms with Gasteiger partial charge in [-0.1, -0.05) is 18.2 Å². The zero-order valence-corrected chi connectivity index (χ0v) is 18.9. The molecule has 0 spiro atoms. The average molecular weight is 501 g/mol. The predicted octanol–water partition coefficient (Wildman–Crippen LogP) is 3.48. The maximum atomic E-state index is 13.7. The molecule has 34 heavy (non-hydrogen) atoms. The van der Waals surface area contributed by atoms with E-state index in [9.17, 15) is 32.3 Å². The molecule has 0 aromatic heterocycles. The van der Waals surface area contributed by atoms with Crippen molar-refractivity contribution in [3.05, 3.63) is 59.7 Å². The van der Waals surface area contributed by atoms with Gasteiger partial charge in [-0.05, 0) is 36.9 Å². The lowest BCUT2D eigenvalue weighted by molar-refractivity contribution is -0.128. The fourth-order valence-corrected chi connectivity index (χ4v) is 4.49. The molecule has 2 aromatic carbocycles. The first-order valence-electron chi connectivity index (χ1n) is 10.7. The second kappa shape index (κ2) is 12.2. The summed E-state index contributed by atoms with van der Waals surface area (Å²) in [5.41, 5.74) is 0. The number of aliphatic hydroxyl groups is 1. The minimum Gasteiger partial charge on any atom is -0.485 e. The zero-order chi connectivity index (χ0) is 24.7. The van der Waals surface area contributed by atoms with E-state index in [4.69, 9.17) is 4.74 Å². The van der Waals surface area contributed by atoms with Gasteiger partial charge in [0.15, 0.2) is 17.4 Å². The summed E-state index contributed by atoms with van der Waals surface area (Å²) >= 11 is 1.60. The molecule has 1 amide bonds. The molecule has 1 aliphatic rings. The Morgan fingerprint density at radius 3 is 2.35 bits per heavy atom. The standard InChI is InChI=1S/C23H24F4N2O4S/c24-16-12-17(25)21(27)22(20(16)26)33-13-19(31)18(8-11-30)28-23(32)14-6-9-29(10-7-14)34-15-4-2-1-3-5-15/h1-5,11-12,14,18-19,31H,6-10,13H2,(H,28,32). The van der Waals surface area contributed by atoms with Crippen LogP contribution >= 0.6 is 11.9 Å². The largest absolute Gasteiger partial charge is 0.485 e. The van der Waals surface area contributed by atoms with Gasteiger partial charge in [0, 0.05) is 36.4 Å². The van der Waals surface area contributed by atoms with Gasteiger partial charge in [0.1, 0.15) is 19.0 Å². The quantitative estimate of drug-likeness (QED) is 0.225. The van der Waals surface area contributed by atoms with E-state index in [0.29, 0.717) is 32.2 Å². The molecule has 0 saturated carbocycles. The lowest BCUT2D eigenvalue weighted by Gasteiger charge is -2.31. The number of ether oxygens (including phenoxy) is 1. The van der Waals surface area contributed by atoms with E-state index in [1.54, 1.807) is 11.9 Å². The number of nitrogens with zero attached hydrogens (tertiary/aromatic N) is 1. The predicted molar refractivity (Wildman–Crippen MR) is 117 cm³/mol. The van der Waals surface area contributed by atoms with Gasteiger partial charge < -0.3 is 20.0 Å². The molecule has 0 aliphatic carbocycles. The number of hydrogen-bond donors (Lipinski definition) is 2. The van der Waals surface area contributed by atoms with E-state index in [1.165, 1.54) is 0 Å². The van der Waals surface area contributed by atoms with Crippen molar-refractivity contribution < 1.29 is 37.0 Å². The molecule has 0 bridgehead atoms. The van der Waals surface area contributed by atoms with Crippen molar-refractivity contribution in [2.75, 3.05) is 19.7 Å². The molecule has 184 valence electrons. The highest BCUT2D eigenvalue weighted by Crippen LogP contribution is 2.29. The fourth-order valence-electron chi connectivity index (χ4n) is 3.52. The van der Waals surface area contributed by atoms with Crippen LogP contribution in [-0.2, 0) is 9.59 Å². The lowest BCUT2D eigenvalue weighted by atomic mass is 9.96. The van der Waals surface area contributed by atoms with Gasteiger partial charge >= 0.3 is 0 Å². The van der Waals surface area contributed by atoms with Crippen molar-refractivity contribution in [1.82, 2.24) is 9.62 Å². The molecular formula is C23H24F4N2O4S. The van der Waals surface area contributed by atoms with Crippen LogP contribution in [0.15, 0.2) is 41.3 Å². The van der Waals surface area contributed by atoms with Crippen molar-refractivity contribution in [2.24, 2.45) is 5.92 Å². The number of rotatable bonds is 10. The van der Waals surface area contributed by atoms with E-state index in [1.807, 2.05) is 30.3 Å². The summed E-state index contributed by atoms with van der Waals surface area (Å²) in [6, 6.07) is 8.73. The van der Waals surface area contributed by atoms with Crippen molar-refractivity contribution in [3.63, 3.8) is 0 Å². The molecule has 6 nitrogen and oxygen atoms in total. The molecule has 0 radical (unpaired) electrons. The van der Waals surface area contributed by atoms with Crippen LogP contribution in [0.4, 0.5) is 17.6 Å². The summed E-state index contributed by atoms with van der Waals surface area (Å²) in [7, 11) is 0. The van der Waals surface area contributed by atoms with Crippen LogP contribution in [0.3, 0.4) is 0 Å². The number of halogens is 4. The van der Waals surface area contributed by atoms with Gasteiger partial charge in [0.05, 0.1) is 6.04 Å². The van der Waals surface area contributed by atoms with E-state index >= 15 is 0 Å². The molecule has 11 heteroatoms. The second-order valence-electron chi connectivity index (χ2n) is 7.80. The van der Waals surface area contributed by atoms with Crippen LogP contribution in [-0.4, -0.2) is 53.4 Å². The zero-order valence-electron chi connectivity index (χ0n) is 18.1. The molecule has 2 aromatic rings. The molecule has 1 heterocycles. The van der Waals surface area contributed by atoms with Crippen LogP contribution in [0, 0.1) is 29.2 Å². The number of carbonyl (C=O) groups is 2. The van der Waals surface area contributed by atoms with Gasteiger partial charge in [-0.2, -0.15) is 8.78 Å². The Kier molecular flexibility index (Phi) is 9.31. The number of piperidine rings is 1. The fraction of sp³-hybridized carbons (Fsp3) is 0.391. The van der Waals surface area contributed by atoms with Crippen LogP contribution in [0.1, 0.15) is 19.3 Å². The SMILES string of the molecule is O=CCC(NC(=O)C1CCN(Sc2ccccc2)CC1)C(O)COc1c(F)c(F)cc(F)c1F. The highest BCUT2D eigenvalue weighted by atomic mass is 32.2. The third kappa shape index (κ3) is 6.71. The molecule has 1 saturated heterocycles. The normalized spacial score (nSPS) is 16.6. The summed E-state index contributed by atoms with van der Waals surface area (Å²) in [6.07, 6.45) is -0.263. The summed E-state index contributed by atoms with van der Waals surface area (Å²) < 4.78 is 61.0. The third-order valence-corrected chi connectivity index (χ3v) is 6.52. The minimum atomic E-state index is -1.75. The number of hydrogen-bond acceptors (Lipinski definition) is 6. The molecule has 2 unspecified atom stereocenters. The lowest BCUT2D eigenvalue weighted by Crippen LogP contribution is -2.49. The van der Waals surface area contributed by atoms with Gasteiger partial charge in [-0.3, -0.25) is 4.79 Å². The van der Waals surface area contributed by atoms with Crippen molar-refractivity contribution in [2.45, 2.75) is 36.3 Å². The molecular weight excluding hydrogens is 476 g/mol. The van der Waals surface area contributed by atoms with E-state index in [2.05, 4.69) is 9.62 Å². The topological polar surface area (TPSA) is 78.9 Å². The van der Waals surface area contributed by atoms with Crippen LogP contribution < -0.4 is 10.1 Å². The maximum absolute atomic E-state index is 13.7. The summed E-state index contributed by atoms with van der Waals surface area (Å²) in [5, 5.41) is 12.9. The number of amides is 1. The smallest absolute Gasteiger partial charge is 0.223 e. The molecule has 3 rings (SSSR count). The first-order valence-corrected chi connectivity index (χ1v) is 11.4. The Balaban J connectivity index is 1.53. The second-order valence-corrected chi connectivity index (χ2v) is 8.97. The molecule has 1 fully saturated rings. The van der Waals surface area contributed by atoms with Crippen molar-refractivity contribution >= 4 is 24.1 Å². The maximum Gasteiger partial charge on any atom is 0.223 e. The van der Waals surface area contributed by atoms with Crippen LogP contribution in [0.25, 0.3) is 0 Å². The number of aliphatic hydroxyl groups excluding tert-OH is 1. The van der Waals surface area contributed by atoms with Gasteiger partial charge in [-0.25, -0.2) is 13.1 Å². The number of carbonyl (C=O) groups excluding carboxylic acids is 2. The Hall–Kier alpha value is -2.63. The van der Waals surface area contributed by atoms with Crippen LogP contribution in [0.2, 0.25) is 0 Å². The Morgan fingerprint density at radius 2 is 1.76 bits per heavy atom. The Bertz CT molecular complexity index is 964. The highest BCUT2D eigenvalue weighted by molar-refractivity contribution is 7.97. The van der Waals surface area contributed by atoms with Crippen LogP contribution in [0.5, 0.6) is 5.75 Å². The molecule has 2 N–H and O–H groups in total. The van der Waals surface area contributed by atoms with E-state index in [0.717, 1.165) is 4.90 Å².